The van der Waals surface area contributed by atoms with Gasteiger partial charge in [-0.2, -0.15) is 13.2 Å². The lowest BCUT2D eigenvalue weighted by molar-refractivity contribution is -0.137. The third kappa shape index (κ3) is 4.04. The van der Waals surface area contributed by atoms with Gasteiger partial charge in [0.05, 0.1) is 18.0 Å². The van der Waals surface area contributed by atoms with Gasteiger partial charge in [-0.15, -0.1) is 0 Å². The van der Waals surface area contributed by atoms with Crippen molar-refractivity contribution in [2.24, 2.45) is 17.8 Å². The first-order valence-electron chi connectivity index (χ1n) is 9.49. The van der Waals surface area contributed by atoms with Crippen molar-refractivity contribution in [3.8, 4) is 11.4 Å². The van der Waals surface area contributed by atoms with Gasteiger partial charge >= 0.3 is 12.2 Å². The van der Waals surface area contributed by atoms with Gasteiger partial charge < -0.3 is 10.2 Å². The zero-order valence-electron chi connectivity index (χ0n) is 15.7. The summed E-state index contributed by atoms with van der Waals surface area (Å²) in [5, 5.41) is 2.68. The Bertz CT molecular complexity index is 916. The van der Waals surface area contributed by atoms with E-state index in [2.05, 4.69) is 22.2 Å². The number of benzene rings is 1. The minimum Gasteiger partial charge on any atom is -0.324 e. The first-order valence-corrected chi connectivity index (χ1v) is 9.49. The molecule has 2 heterocycles. The number of anilines is 1. The zero-order chi connectivity index (χ0) is 20.8. The number of hydrogen-bond donors (Lipinski definition) is 1. The second-order valence-corrected chi connectivity index (χ2v) is 7.69. The van der Waals surface area contributed by atoms with Crippen LogP contribution in [0.3, 0.4) is 0 Å². The summed E-state index contributed by atoms with van der Waals surface area (Å²) in [5.41, 5.74) is -1.07. The van der Waals surface area contributed by atoms with Crippen LogP contribution in [0.4, 0.5) is 28.0 Å². The van der Waals surface area contributed by atoms with Gasteiger partial charge in [-0.3, -0.25) is 0 Å². The van der Waals surface area contributed by atoms with Crippen LogP contribution < -0.4 is 5.32 Å². The van der Waals surface area contributed by atoms with Crippen LogP contribution in [0.15, 0.2) is 30.6 Å². The highest BCUT2D eigenvalue weighted by Gasteiger charge is 2.48. The molecule has 154 valence electrons. The van der Waals surface area contributed by atoms with Crippen molar-refractivity contribution in [2.45, 2.75) is 25.9 Å². The molecule has 1 N–H and O–H groups in total. The SMILES string of the molecule is C[C@H]1[C@H]2CCCN(C(=O)Nc3ccc(C(F)(F)F)c(-c4ncc(F)cn4)c3)C[C@@H]12. The van der Waals surface area contributed by atoms with Crippen molar-refractivity contribution < 1.29 is 22.4 Å². The van der Waals surface area contributed by atoms with E-state index in [1.54, 1.807) is 4.90 Å². The normalized spacial score (nSPS) is 23.9. The number of fused-ring (bicyclic) bond motifs is 1. The van der Waals surface area contributed by atoms with Gasteiger partial charge in [0.1, 0.15) is 0 Å². The molecule has 2 fully saturated rings. The predicted octanol–water partition coefficient (Wildman–Crippen LogP) is 4.81. The van der Waals surface area contributed by atoms with Crippen LogP contribution in [0.2, 0.25) is 0 Å². The summed E-state index contributed by atoms with van der Waals surface area (Å²) in [7, 11) is 0. The summed E-state index contributed by atoms with van der Waals surface area (Å²) >= 11 is 0. The van der Waals surface area contributed by atoms with E-state index < -0.39 is 17.6 Å². The molecular weight excluding hydrogens is 388 g/mol. The van der Waals surface area contributed by atoms with Gasteiger partial charge in [0.2, 0.25) is 0 Å². The molecule has 0 unspecified atom stereocenters. The molecule has 0 bridgehead atoms. The molecule has 4 rings (SSSR count). The number of rotatable bonds is 2. The highest BCUT2D eigenvalue weighted by molar-refractivity contribution is 5.90. The number of carbonyl (C=O) groups excluding carboxylic acids is 1. The van der Waals surface area contributed by atoms with Crippen molar-refractivity contribution >= 4 is 11.7 Å². The van der Waals surface area contributed by atoms with E-state index in [-0.39, 0.29) is 23.1 Å². The fourth-order valence-corrected chi connectivity index (χ4v) is 4.17. The molecule has 2 aliphatic rings. The summed E-state index contributed by atoms with van der Waals surface area (Å²) < 4.78 is 53.3. The van der Waals surface area contributed by atoms with Gasteiger partial charge in [0.25, 0.3) is 0 Å². The van der Waals surface area contributed by atoms with Crippen LogP contribution in [0.25, 0.3) is 11.4 Å². The molecule has 1 aliphatic carbocycles. The monoisotopic (exact) mass is 408 g/mol. The molecular formula is C20H20F4N4O. The summed E-state index contributed by atoms with van der Waals surface area (Å²) in [6, 6.07) is 2.91. The molecule has 1 aliphatic heterocycles. The smallest absolute Gasteiger partial charge is 0.324 e. The number of hydrogen-bond acceptors (Lipinski definition) is 3. The molecule has 1 aromatic heterocycles. The lowest BCUT2D eigenvalue weighted by atomic mass is 10.1. The Morgan fingerprint density at radius 1 is 1.21 bits per heavy atom. The Labute approximate surface area is 165 Å². The largest absolute Gasteiger partial charge is 0.417 e. The number of likely N-dealkylation sites (tertiary alicyclic amines) is 1. The topological polar surface area (TPSA) is 58.1 Å². The standard InChI is InChI=1S/C20H20F4N4O/c1-11-14-3-2-6-28(10-16(11)14)19(29)27-13-4-5-17(20(22,23)24)15(7-13)18-25-8-12(21)9-26-18/h4-5,7-9,11,14,16H,2-3,6,10H2,1H3,(H,27,29)/t11-,14+,16-/m0/s1. The average Bonchev–Trinajstić information content (AvgIpc) is 3.34. The molecule has 2 amide bonds. The van der Waals surface area contributed by atoms with Crippen molar-refractivity contribution in [2.75, 3.05) is 18.4 Å². The zero-order valence-corrected chi connectivity index (χ0v) is 15.7. The minimum atomic E-state index is -4.64. The lowest BCUT2D eigenvalue weighted by Gasteiger charge is -2.22. The molecule has 3 atom stereocenters. The first kappa shape index (κ1) is 19.6. The summed E-state index contributed by atoms with van der Waals surface area (Å²) in [6.07, 6.45) is -1.02. The number of nitrogens with one attached hydrogen (secondary N) is 1. The van der Waals surface area contributed by atoms with E-state index in [1.807, 2.05) is 0 Å². The molecule has 5 nitrogen and oxygen atoms in total. The molecule has 1 aromatic carbocycles. The maximum Gasteiger partial charge on any atom is 0.417 e. The third-order valence-electron chi connectivity index (χ3n) is 5.88. The van der Waals surface area contributed by atoms with E-state index in [4.69, 9.17) is 0 Å². The molecule has 29 heavy (non-hydrogen) atoms. The number of carbonyl (C=O) groups is 1. The highest BCUT2D eigenvalue weighted by Crippen LogP contribution is 2.50. The predicted molar refractivity (Wildman–Crippen MR) is 98.4 cm³/mol. The maximum absolute atomic E-state index is 13.4. The maximum atomic E-state index is 13.4. The van der Waals surface area contributed by atoms with E-state index in [1.165, 1.54) is 12.1 Å². The number of urea groups is 1. The first-order chi connectivity index (χ1) is 13.7. The second kappa shape index (κ2) is 7.27. The number of amides is 2. The second-order valence-electron chi connectivity index (χ2n) is 7.69. The number of aromatic nitrogens is 2. The van der Waals surface area contributed by atoms with Gasteiger partial charge in [-0.1, -0.05) is 6.92 Å². The fourth-order valence-electron chi connectivity index (χ4n) is 4.17. The lowest BCUT2D eigenvalue weighted by Crippen LogP contribution is -2.37. The molecule has 1 saturated heterocycles. The molecule has 2 aromatic rings. The third-order valence-corrected chi connectivity index (χ3v) is 5.88. The highest BCUT2D eigenvalue weighted by atomic mass is 19.4. The summed E-state index contributed by atoms with van der Waals surface area (Å²) in [6.45, 7) is 3.47. The van der Waals surface area contributed by atoms with Crippen molar-refractivity contribution in [3.05, 3.63) is 42.0 Å². The van der Waals surface area contributed by atoms with Crippen LogP contribution in [-0.2, 0) is 6.18 Å². The van der Waals surface area contributed by atoms with Crippen LogP contribution in [0.1, 0.15) is 25.3 Å². The van der Waals surface area contributed by atoms with Crippen LogP contribution in [0, 0.1) is 23.6 Å². The summed E-state index contributed by atoms with van der Waals surface area (Å²) in [5.74, 6) is 0.763. The van der Waals surface area contributed by atoms with Gasteiger partial charge in [0, 0.05) is 24.3 Å². The van der Waals surface area contributed by atoms with E-state index in [9.17, 15) is 22.4 Å². The van der Waals surface area contributed by atoms with Crippen molar-refractivity contribution in [1.29, 1.82) is 0 Å². The Kier molecular flexibility index (Phi) is 4.92. The minimum absolute atomic E-state index is 0.204. The van der Waals surface area contributed by atoms with E-state index in [0.717, 1.165) is 31.3 Å². The van der Waals surface area contributed by atoms with Crippen LogP contribution in [-0.4, -0.2) is 34.0 Å². The van der Waals surface area contributed by atoms with Gasteiger partial charge in [0.15, 0.2) is 11.6 Å². The number of alkyl halides is 3. The quantitative estimate of drug-likeness (QED) is 0.726. The van der Waals surface area contributed by atoms with Gasteiger partial charge in [-0.05, 0) is 48.8 Å². The van der Waals surface area contributed by atoms with Gasteiger partial charge in [-0.25, -0.2) is 19.2 Å². The van der Waals surface area contributed by atoms with Crippen molar-refractivity contribution in [1.82, 2.24) is 14.9 Å². The van der Waals surface area contributed by atoms with Crippen LogP contribution in [0.5, 0.6) is 0 Å². The number of halogens is 4. The van der Waals surface area contributed by atoms with Crippen LogP contribution >= 0.6 is 0 Å². The summed E-state index contributed by atoms with van der Waals surface area (Å²) in [4.78, 5) is 21.7. The Morgan fingerprint density at radius 3 is 2.62 bits per heavy atom. The Morgan fingerprint density at radius 2 is 1.93 bits per heavy atom. The average molecular weight is 408 g/mol. The number of nitrogens with zero attached hydrogens (tertiary/aromatic N) is 3. The van der Waals surface area contributed by atoms with E-state index in [0.29, 0.717) is 30.8 Å². The molecule has 1 saturated carbocycles. The molecule has 0 spiro atoms. The van der Waals surface area contributed by atoms with E-state index >= 15 is 0 Å². The molecule has 0 radical (unpaired) electrons. The van der Waals surface area contributed by atoms with Crippen molar-refractivity contribution in [3.63, 3.8) is 0 Å². The Hall–Kier alpha value is -2.71. The fraction of sp³-hybridized carbons (Fsp3) is 0.450. The molecule has 9 heteroatoms. The Balaban J connectivity index is 1.58.